The van der Waals surface area contributed by atoms with Crippen molar-refractivity contribution in [3.05, 3.63) is 59.2 Å². The molecule has 0 atom stereocenters. The average Bonchev–Trinajstić information content (AvgIpc) is 3.05. The summed E-state index contributed by atoms with van der Waals surface area (Å²) in [5.74, 6) is 0.754. The highest BCUT2D eigenvalue weighted by atomic mass is 32.2. The zero-order valence-electron chi connectivity index (χ0n) is 13.7. The van der Waals surface area contributed by atoms with Crippen LogP contribution in [0.4, 0.5) is 8.78 Å². The summed E-state index contributed by atoms with van der Waals surface area (Å²) in [7, 11) is 0. The largest absolute Gasteiger partial charge is 0.435 e. The van der Waals surface area contributed by atoms with Crippen molar-refractivity contribution < 1.29 is 13.5 Å². The lowest BCUT2D eigenvalue weighted by Crippen LogP contribution is -2.01. The summed E-state index contributed by atoms with van der Waals surface area (Å²) in [5.41, 5.74) is 4.23. The minimum Gasteiger partial charge on any atom is -0.435 e. The van der Waals surface area contributed by atoms with Gasteiger partial charge in [0.15, 0.2) is 0 Å². The molecule has 0 amide bonds. The number of halogens is 2. The fourth-order valence-electron chi connectivity index (χ4n) is 2.20. The number of tetrazole rings is 1. The highest BCUT2D eigenvalue weighted by molar-refractivity contribution is 7.98. The number of hydrogen-bond donors (Lipinski definition) is 0. The van der Waals surface area contributed by atoms with Crippen molar-refractivity contribution >= 4 is 11.8 Å². The molecule has 0 saturated carbocycles. The summed E-state index contributed by atoms with van der Waals surface area (Å²) in [5, 5.41) is 12.5. The van der Waals surface area contributed by atoms with Gasteiger partial charge in [0, 0.05) is 5.75 Å². The fraction of sp³-hybridized carbons (Fsp3) is 0.235. The van der Waals surface area contributed by atoms with Gasteiger partial charge in [-0.1, -0.05) is 30.0 Å². The SMILES string of the molecule is Cc1ccc(-n2nnnc2SCc2ccc(OC(F)F)cc2)cc1C. The molecule has 1 heterocycles. The van der Waals surface area contributed by atoms with Crippen LogP contribution in [0.15, 0.2) is 47.6 Å². The number of ether oxygens (including phenoxy) is 1. The average molecular weight is 362 g/mol. The molecule has 0 spiro atoms. The zero-order chi connectivity index (χ0) is 17.8. The third-order valence-corrected chi connectivity index (χ3v) is 4.68. The Kier molecular flexibility index (Phi) is 5.28. The molecule has 0 fully saturated rings. The van der Waals surface area contributed by atoms with E-state index in [9.17, 15) is 8.78 Å². The quantitative estimate of drug-likeness (QED) is 0.616. The van der Waals surface area contributed by atoms with Crippen molar-refractivity contribution in [2.75, 3.05) is 0 Å². The molecule has 1 aromatic heterocycles. The maximum Gasteiger partial charge on any atom is 0.387 e. The molecular weight excluding hydrogens is 346 g/mol. The first-order valence-corrected chi connectivity index (χ1v) is 8.54. The summed E-state index contributed by atoms with van der Waals surface area (Å²) in [6.07, 6.45) is 0. The van der Waals surface area contributed by atoms with E-state index in [2.05, 4.69) is 27.2 Å². The monoisotopic (exact) mass is 362 g/mol. The molecule has 0 unspecified atom stereocenters. The Balaban J connectivity index is 1.70. The van der Waals surface area contributed by atoms with Gasteiger partial charge in [-0.2, -0.15) is 13.5 Å². The number of aryl methyl sites for hydroxylation is 2. The molecule has 0 bridgehead atoms. The molecule has 130 valence electrons. The van der Waals surface area contributed by atoms with E-state index in [0.717, 1.165) is 11.3 Å². The molecular formula is C17H16F2N4OS. The van der Waals surface area contributed by atoms with E-state index in [1.54, 1.807) is 16.8 Å². The molecule has 3 rings (SSSR count). The van der Waals surface area contributed by atoms with Crippen LogP contribution in [0.5, 0.6) is 5.75 Å². The Labute approximate surface area is 148 Å². The molecule has 0 aliphatic heterocycles. The summed E-state index contributed by atoms with van der Waals surface area (Å²) in [6.45, 7) is 1.28. The second-order valence-corrected chi connectivity index (χ2v) is 6.40. The van der Waals surface area contributed by atoms with E-state index in [-0.39, 0.29) is 5.75 Å². The van der Waals surface area contributed by atoms with Gasteiger partial charge in [-0.15, -0.1) is 5.10 Å². The summed E-state index contributed by atoms with van der Waals surface area (Å²) >= 11 is 1.47. The van der Waals surface area contributed by atoms with Crippen molar-refractivity contribution in [2.45, 2.75) is 31.4 Å². The maximum absolute atomic E-state index is 12.2. The van der Waals surface area contributed by atoms with Gasteiger partial charge in [-0.25, -0.2) is 0 Å². The predicted molar refractivity (Wildman–Crippen MR) is 91.3 cm³/mol. The topological polar surface area (TPSA) is 52.8 Å². The van der Waals surface area contributed by atoms with E-state index >= 15 is 0 Å². The van der Waals surface area contributed by atoms with Gasteiger partial charge in [0.25, 0.3) is 0 Å². The van der Waals surface area contributed by atoms with Crippen LogP contribution < -0.4 is 4.74 Å². The van der Waals surface area contributed by atoms with Gasteiger partial charge in [0.05, 0.1) is 5.69 Å². The van der Waals surface area contributed by atoms with E-state index in [4.69, 9.17) is 0 Å². The first-order chi connectivity index (χ1) is 12.0. The number of alkyl halides is 2. The van der Waals surface area contributed by atoms with Crippen LogP contribution in [0.2, 0.25) is 0 Å². The van der Waals surface area contributed by atoms with Crippen molar-refractivity contribution in [3.8, 4) is 11.4 Å². The van der Waals surface area contributed by atoms with Crippen LogP contribution in [0.3, 0.4) is 0 Å². The molecule has 3 aromatic rings. The first-order valence-electron chi connectivity index (χ1n) is 7.55. The first kappa shape index (κ1) is 17.3. The van der Waals surface area contributed by atoms with E-state index < -0.39 is 6.61 Å². The van der Waals surface area contributed by atoms with Crippen LogP contribution in [-0.2, 0) is 5.75 Å². The molecule has 2 aromatic carbocycles. The van der Waals surface area contributed by atoms with Crippen LogP contribution in [-0.4, -0.2) is 26.8 Å². The number of thioether (sulfide) groups is 1. The number of hydrogen-bond acceptors (Lipinski definition) is 5. The normalized spacial score (nSPS) is 11.1. The van der Waals surface area contributed by atoms with E-state index in [0.29, 0.717) is 10.9 Å². The van der Waals surface area contributed by atoms with Crippen LogP contribution in [0.1, 0.15) is 16.7 Å². The summed E-state index contributed by atoms with van der Waals surface area (Å²) in [4.78, 5) is 0. The standard InChI is InChI=1S/C17H16F2N4OS/c1-11-3-6-14(9-12(11)2)23-17(20-21-22-23)25-10-13-4-7-15(8-5-13)24-16(18)19/h3-9,16H,10H2,1-2H3. The lowest BCUT2D eigenvalue weighted by Gasteiger charge is -2.07. The molecule has 8 heteroatoms. The number of nitrogens with zero attached hydrogens (tertiary/aromatic N) is 4. The molecule has 5 nitrogen and oxygen atoms in total. The predicted octanol–water partition coefficient (Wildman–Crippen LogP) is 4.17. The van der Waals surface area contributed by atoms with Gasteiger partial charge >= 0.3 is 6.61 Å². The van der Waals surface area contributed by atoms with Gasteiger partial charge in [-0.3, -0.25) is 0 Å². The van der Waals surface area contributed by atoms with Crippen LogP contribution in [0.25, 0.3) is 5.69 Å². The summed E-state index contributed by atoms with van der Waals surface area (Å²) < 4.78 is 30.4. The lowest BCUT2D eigenvalue weighted by molar-refractivity contribution is -0.0498. The van der Waals surface area contributed by atoms with Crippen molar-refractivity contribution in [1.29, 1.82) is 0 Å². The van der Waals surface area contributed by atoms with Crippen molar-refractivity contribution in [3.63, 3.8) is 0 Å². The zero-order valence-corrected chi connectivity index (χ0v) is 14.5. The van der Waals surface area contributed by atoms with Gasteiger partial charge in [-0.05, 0) is 65.2 Å². The Morgan fingerprint density at radius 3 is 2.52 bits per heavy atom. The van der Waals surface area contributed by atoms with Gasteiger partial charge in [0.1, 0.15) is 5.75 Å². The summed E-state index contributed by atoms with van der Waals surface area (Å²) in [6, 6.07) is 12.6. The number of aromatic nitrogens is 4. The Bertz CT molecular complexity index is 852. The molecule has 0 saturated heterocycles. The van der Waals surface area contributed by atoms with Crippen molar-refractivity contribution in [1.82, 2.24) is 20.2 Å². The van der Waals surface area contributed by atoms with Gasteiger partial charge in [0.2, 0.25) is 5.16 Å². The van der Waals surface area contributed by atoms with E-state index in [1.165, 1.54) is 35.0 Å². The Hall–Kier alpha value is -2.48. The van der Waals surface area contributed by atoms with E-state index in [1.807, 2.05) is 25.1 Å². The molecule has 0 aliphatic carbocycles. The van der Waals surface area contributed by atoms with Gasteiger partial charge < -0.3 is 4.74 Å². The Morgan fingerprint density at radius 1 is 1.08 bits per heavy atom. The molecule has 25 heavy (non-hydrogen) atoms. The van der Waals surface area contributed by atoms with Crippen LogP contribution >= 0.6 is 11.8 Å². The third kappa shape index (κ3) is 4.33. The number of benzene rings is 2. The lowest BCUT2D eigenvalue weighted by atomic mass is 10.1. The fourth-order valence-corrected chi connectivity index (χ4v) is 3.05. The highest BCUT2D eigenvalue weighted by Crippen LogP contribution is 2.24. The number of rotatable bonds is 6. The van der Waals surface area contributed by atoms with Crippen molar-refractivity contribution in [2.24, 2.45) is 0 Å². The minimum absolute atomic E-state index is 0.142. The molecule has 0 N–H and O–H groups in total. The highest BCUT2D eigenvalue weighted by Gasteiger charge is 2.10. The Morgan fingerprint density at radius 2 is 1.84 bits per heavy atom. The molecule has 0 radical (unpaired) electrons. The van der Waals surface area contributed by atoms with Crippen LogP contribution in [0, 0.1) is 13.8 Å². The maximum atomic E-state index is 12.2. The minimum atomic E-state index is -2.82. The second kappa shape index (κ2) is 7.60. The second-order valence-electron chi connectivity index (χ2n) is 5.45. The molecule has 0 aliphatic rings. The third-order valence-electron chi connectivity index (χ3n) is 3.69. The smallest absolute Gasteiger partial charge is 0.387 e.